The van der Waals surface area contributed by atoms with Gasteiger partial charge < -0.3 is 9.73 Å². The normalized spacial score (nSPS) is 10.9. The third-order valence-corrected chi connectivity index (χ3v) is 2.47. The lowest BCUT2D eigenvalue weighted by atomic mass is 10.2. The first-order valence-corrected chi connectivity index (χ1v) is 5.56. The molecule has 0 saturated heterocycles. The second-order valence-electron chi connectivity index (χ2n) is 3.87. The summed E-state index contributed by atoms with van der Waals surface area (Å²) in [5, 5.41) is 4.90. The van der Waals surface area contributed by atoms with E-state index in [1.807, 2.05) is 18.2 Å². The van der Waals surface area contributed by atoms with E-state index in [1.54, 1.807) is 0 Å². The predicted molar refractivity (Wildman–Crippen MR) is 67.7 cm³/mol. The smallest absolute Gasteiger partial charge is 0.134 e. The number of hydrogen-bond acceptors (Lipinski definition) is 2. The number of halogens is 1. The lowest BCUT2D eigenvalue weighted by Gasteiger charge is -1.98. The Morgan fingerprint density at radius 2 is 2.25 bits per heavy atom. The molecule has 1 heterocycles. The third-order valence-electron chi connectivity index (χ3n) is 2.34. The van der Waals surface area contributed by atoms with Gasteiger partial charge in [-0.3, -0.25) is 0 Å². The molecule has 0 aliphatic rings. The Balaban J connectivity index is 2.10. The fourth-order valence-electron chi connectivity index (χ4n) is 1.63. The number of nitrogens with one attached hydrogen (secondary N) is 1. The second kappa shape index (κ2) is 4.73. The summed E-state index contributed by atoms with van der Waals surface area (Å²) in [6.07, 6.45) is 0. The number of fused-ring (bicyclic) bond motifs is 1. The van der Waals surface area contributed by atoms with Crippen molar-refractivity contribution < 1.29 is 4.42 Å². The van der Waals surface area contributed by atoms with E-state index in [1.165, 1.54) is 5.56 Å². The topological polar surface area (TPSA) is 25.2 Å². The lowest BCUT2D eigenvalue weighted by Crippen LogP contribution is -2.13. The molecule has 2 nitrogen and oxygen atoms in total. The zero-order chi connectivity index (χ0) is 11.5. The first-order valence-electron chi connectivity index (χ1n) is 5.18. The van der Waals surface area contributed by atoms with Crippen LogP contribution in [0.15, 0.2) is 40.3 Å². The van der Waals surface area contributed by atoms with E-state index >= 15 is 0 Å². The largest absolute Gasteiger partial charge is 0.460 e. The molecule has 0 aliphatic heterocycles. The zero-order valence-corrected chi connectivity index (χ0v) is 9.97. The summed E-state index contributed by atoms with van der Waals surface area (Å²) in [7, 11) is 0. The molecule has 84 valence electrons. The van der Waals surface area contributed by atoms with Crippen LogP contribution in [0.25, 0.3) is 11.0 Å². The highest BCUT2D eigenvalue weighted by Gasteiger charge is 2.03. The molecule has 2 rings (SSSR count). The first-order chi connectivity index (χ1) is 7.65. The van der Waals surface area contributed by atoms with Crippen LogP contribution in [0.3, 0.4) is 0 Å². The maximum Gasteiger partial charge on any atom is 0.134 e. The summed E-state index contributed by atoms with van der Waals surface area (Å²) in [5.41, 5.74) is 2.16. The molecule has 3 heteroatoms. The number of aryl methyl sites for hydroxylation is 1. The number of hydrogen-bond donors (Lipinski definition) is 1. The average molecular weight is 236 g/mol. The van der Waals surface area contributed by atoms with Gasteiger partial charge in [-0.05, 0) is 25.1 Å². The lowest BCUT2D eigenvalue weighted by molar-refractivity contribution is 0.523. The predicted octanol–water partition coefficient (Wildman–Crippen LogP) is 3.58. The van der Waals surface area contributed by atoms with Crippen LogP contribution in [0.4, 0.5) is 0 Å². The van der Waals surface area contributed by atoms with Crippen molar-refractivity contribution in [2.75, 3.05) is 6.54 Å². The van der Waals surface area contributed by atoms with Gasteiger partial charge >= 0.3 is 0 Å². The Morgan fingerprint density at radius 1 is 1.44 bits per heavy atom. The molecule has 0 unspecified atom stereocenters. The van der Waals surface area contributed by atoms with E-state index in [4.69, 9.17) is 16.0 Å². The minimum atomic E-state index is 0.595. The summed E-state index contributed by atoms with van der Waals surface area (Å²) in [5.74, 6) is 0.915. The molecule has 1 N–H and O–H groups in total. The summed E-state index contributed by atoms with van der Waals surface area (Å²) >= 11 is 5.66. The maximum absolute atomic E-state index is 5.67. The molecule has 0 radical (unpaired) electrons. The van der Waals surface area contributed by atoms with E-state index in [-0.39, 0.29) is 0 Å². The molecule has 2 aromatic rings. The summed E-state index contributed by atoms with van der Waals surface area (Å²) in [6, 6.07) is 8.20. The maximum atomic E-state index is 5.67. The van der Waals surface area contributed by atoms with E-state index in [9.17, 15) is 0 Å². The van der Waals surface area contributed by atoms with Crippen molar-refractivity contribution in [3.63, 3.8) is 0 Å². The van der Waals surface area contributed by atoms with Crippen molar-refractivity contribution in [3.8, 4) is 0 Å². The quantitative estimate of drug-likeness (QED) is 0.876. The summed E-state index contributed by atoms with van der Waals surface area (Å²) in [6.45, 7) is 6.95. The van der Waals surface area contributed by atoms with Crippen molar-refractivity contribution in [1.29, 1.82) is 0 Å². The first kappa shape index (κ1) is 11.2. The van der Waals surface area contributed by atoms with Crippen LogP contribution in [0, 0.1) is 6.92 Å². The van der Waals surface area contributed by atoms with Gasteiger partial charge in [0.1, 0.15) is 11.3 Å². The van der Waals surface area contributed by atoms with Gasteiger partial charge in [0.2, 0.25) is 0 Å². The van der Waals surface area contributed by atoms with Crippen LogP contribution in [-0.2, 0) is 6.54 Å². The molecule has 0 saturated carbocycles. The second-order valence-corrected chi connectivity index (χ2v) is 4.41. The molecule has 16 heavy (non-hydrogen) atoms. The third kappa shape index (κ3) is 2.65. The molecule has 0 amide bonds. The van der Waals surface area contributed by atoms with Gasteiger partial charge in [0, 0.05) is 17.0 Å². The van der Waals surface area contributed by atoms with E-state index in [2.05, 4.69) is 24.9 Å². The van der Waals surface area contributed by atoms with Gasteiger partial charge in [-0.2, -0.15) is 0 Å². The van der Waals surface area contributed by atoms with Gasteiger partial charge in [-0.25, -0.2) is 0 Å². The van der Waals surface area contributed by atoms with E-state index in [0.717, 1.165) is 16.7 Å². The van der Waals surface area contributed by atoms with Crippen LogP contribution in [-0.4, -0.2) is 6.54 Å². The van der Waals surface area contributed by atoms with Gasteiger partial charge in [-0.15, -0.1) is 0 Å². The molecular formula is C13H14ClNO. The average Bonchev–Trinajstić information content (AvgIpc) is 2.58. The van der Waals surface area contributed by atoms with E-state index in [0.29, 0.717) is 18.1 Å². The highest BCUT2D eigenvalue weighted by molar-refractivity contribution is 6.29. The van der Waals surface area contributed by atoms with Gasteiger partial charge in [0.25, 0.3) is 0 Å². The summed E-state index contributed by atoms with van der Waals surface area (Å²) < 4.78 is 5.67. The number of rotatable bonds is 4. The molecule has 1 aromatic carbocycles. The van der Waals surface area contributed by atoms with Crippen LogP contribution in [0.5, 0.6) is 0 Å². The Hall–Kier alpha value is -1.25. The van der Waals surface area contributed by atoms with Crippen molar-refractivity contribution in [2.45, 2.75) is 13.5 Å². The molecule has 0 atom stereocenters. The standard InChI is InChI=1S/C13H14ClNO/c1-9-3-4-13-11(5-9)6-12(16-13)8-15-7-10(2)14/h3-6,15H,2,7-8H2,1H3. The highest BCUT2D eigenvalue weighted by atomic mass is 35.5. The van der Waals surface area contributed by atoms with Crippen molar-refractivity contribution in [1.82, 2.24) is 5.32 Å². The Kier molecular flexibility index (Phi) is 3.32. The highest BCUT2D eigenvalue weighted by Crippen LogP contribution is 2.20. The Morgan fingerprint density at radius 3 is 3.00 bits per heavy atom. The minimum Gasteiger partial charge on any atom is -0.460 e. The molecule has 0 spiro atoms. The number of benzene rings is 1. The molecule has 0 fully saturated rings. The van der Waals surface area contributed by atoms with Gasteiger partial charge in [-0.1, -0.05) is 29.8 Å². The summed E-state index contributed by atoms with van der Waals surface area (Å²) in [4.78, 5) is 0. The van der Waals surface area contributed by atoms with E-state index < -0.39 is 0 Å². The van der Waals surface area contributed by atoms with Crippen molar-refractivity contribution >= 4 is 22.6 Å². The molecule has 0 bridgehead atoms. The monoisotopic (exact) mass is 235 g/mol. The van der Waals surface area contributed by atoms with Crippen LogP contribution < -0.4 is 5.32 Å². The molecular weight excluding hydrogens is 222 g/mol. The fraction of sp³-hybridized carbons (Fsp3) is 0.231. The molecule has 0 aliphatic carbocycles. The Labute approximate surface area is 99.9 Å². The number of furan rings is 1. The zero-order valence-electron chi connectivity index (χ0n) is 9.22. The fourth-order valence-corrected chi connectivity index (χ4v) is 1.72. The SMILES string of the molecule is C=C(Cl)CNCc1cc2cc(C)ccc2o1. The van der Waals surface area contributed by atoms with Crippen LogP contribution in [0.2, 0.25) is 0 Å². The van der Waals surface area contributed by atoms with Gasteiger partial charge in [0.05, 0.1) is 6.54 Å². The van der Waals surface area contributed by atoms with Gasteiger partial charge in [0.15, 0.2) is 0 Å². The van der Waals surface area contributed by atoms with Crippen LogP contribution >= 0.6 is 11.6 Å². The Bertz CT molecular complexity index is 516. The molecule has 1 aromatic heterocycles. The van der Waals surface area contributed by atoms with Crippen molar-refractivity contribution in [2.24, 2.45) is 0 Å². The van der Waals surface area contributed by atoms with Crippen LogP contribution in [0.1, 0.15) is 11.3 Å². The minimum absolute atomic E-state index is 0.595. The van der Waals surface area contributed by atoms with Crippen molar-refractivity contribution in [3.05, 3.63) is 47.2 Å².